The highest BCUT2D eigenvalue weighted by Gasteiger charge is 2.37. The van der Waals surface area contributed by atoms with Crippen LogP contribution in [-0.2, 0) is 37.0 Å². The van der Waals surface area contributed by atoms with Crippen LogP contribution in [0.5, 0.6) is 0 Å². The second kappa shape index (κ2) is 13.3. The van der Waals surface area contributed by atoms with Crippen molar-refractivity contribution in [1.29, 1.82) is 0 Å². The number of urea groups is 1. The van der Waals surface area contributed by atoms with Crippen molar-refractivity contribution in [3.05, 3.63) is 65.2 Å². The number of sulfonamides is 1. The summed E-state index contributed by atoms with van der Waals surface area (Å²) in [4.78, 5) is 37.7. The summed E-state index contributed by atoms with van der Waals surface area (Å²) >= 11 is 0. The van der Waals surface area contributed by atoms with Crippen LogP contribution in [0.15, 0.2) is 53.4 Å². The van der Waals surface area contributed by atoms with Gasteiger partial charge in [-0.25, -0.2) is 22.8 Å². The van der Waals surface area contributed by atoms with Crippen LogP contribution in [0.4, 0.5) is 18.0 Å². The van der Waals surface area contributed by atoms with Crippen LogP contribution >= 0.6 is 0 Å². The monoisotopic (exact) mass is 599 g/mol. The third-order valence-electron chi connectivity index (χ3n) is 6.57. The number of halogens is 3. The summed E-state index contributed by atoms with van der Waals surface area (Å²) in [7, 11) is -3.11. The average molecular weight is 600 g/mol. The molecule has 0 spiro atoms. The fraction of sp³-hybridized carbons (Fsp3) is 0.444. The first kappa shape index (κ1) is 31.9. The number of amides is 2. The van der Waals surface area contributed by atoms with Crippen molar-refractivity contribution in [3.8, 4) is 0 Å². The lowest BCUT2D eigenvalue weighted by atomic mass is 10.1. The summed E-state index contributed by atoms with van der Waals surface area (Å²) in [6.45, 7) is 3.35. The number of carbonyl (C=O) groups is 3. The molecule has 1 fully saturated rings. The molecule has 2 amide bonds. The molecule has 1 saturated heterocycles. The van der Waals surface area contributed by atoms with Gasteiger partial charge < -0.3 is 19.7 Å². The maximum atomic E-state index is 13.8. The second-order valence-electron chi connectivity index (χ2n) is 9.43. The van der Waals surface area contributed by atoms with E-state index in [0.717, 1.165) is 16.4 Å². The minimum atomic E-state index is -4.64. The molecule has 224 valence electrons. The van der Waals surface area contributed by atoms with Crippen molar-refractivity contribution in [1.82, 2.24) is 14.5 Å². The summed E-state index contributed by atoms with van der Waals surface area (Å²) in [6.07, 6.45) is -3.83. The molecule has 14 heteroatoms. The van der Waals surface area contributed by atoms with Crippen molar-refractivity contribution in [3.63, 3.8) is 0 Å². The number of nitrogens with one attached hydrogen (secondary N) is 1. The zero-order valence-corrected chi connectivity index (χ0v) is 23.6. The lowest BCUT2D eigenvalue weighted by Gasteiger charge is -2.39. The molecular formula is C27H32F3N3O7S. The number of rotatable bonds is 9. The van der Waals surface area contributed by atoms with Gasteiger partial charge in [0.2, 0.25) is 10.0 Å². The zero-order valence-electron chi connectivity index (χ0n) is 22.8. The Labute approximate surface area is 236 Å². The van der Waals surface area contributed by atoms with E-state index < -0.39 is 51.8 Å². The predicted molar refractivity (Wildman–Crippen MR) is 141 cm³/mol. The van der Waals surface area contributed by atoms with Gasteiger partial charge in [0.15, 0.2) is 0 Å². The van der Waals surface area contributed by atoms with Crippen molar-refractivity contribution in [2.75, 3.05) is 26.8 Å². The van der Waals surface area contributed by atoms with Gasteiger partial charge in [0.05, 0.1) is 29.7 Å². The van der Waals surface area contributed by atoms with E-state index >= 15 is 0 Å². The fourth-order valence-corrected chi connectivity index (χ4v) is 6.02. The smallest absolute Gasteiger partial charge is 0.416 e. The SMILES string of the molecule is CCOC(=O)C(C)NC(=O)N1CCCC(N(Cc2ccc(C(=O)OC)cc2)S(=O)(=O)c2ccc(C(F)(F)F)cc2)C1. The Balaban J connectivity index is 1.91. The molecule has 0 radical (unpaired) electrons. The third kappa shape index (κ3) is 7.97. The van der Waals surface area contributed by atoms with Gasteiger partial charge in [0.25, 0.3) is 0 Å². The maximum Gasteiger partial charge on any atom is 0.416 e. The van der Waals surface area contributed by atoms with Crippen LogP contribution in [-0.4, -0.2) is 74.5 Å². The second-order valence-corrected chi connectivity index (χ2v) is 11.3. The molecule has 2 aromatic carbocycles. The number of alkyl halides is 3. The number of piperidine rings is 1. The van der Waals surface area contributed by atoms with Crippen molar-refractivity contribution >= 4 is 28.0 Å². The van der Waals surface area contributed by atoms with Crippen LogP contribution in [0.1, 0.15) is 48.2 Å². The first-order chi connectivity index (χ1) is 19.3. The van der Waals surface area contributed by atoms with Crippen molar-refractivity contribution in [2.45, 2.75) is 56.4 Å². The number of hydrogen-bond acceptors (Lipinski definition) is 7. The lowest BCUT2D eigenvalue weighted by Crippen LogP contribution is -2.55. The highest BCUT2D eigenvalue weighted by molar-refractivity contribution is 7.89. The minimum Gasteiger partial charge on any atom is -0.465 e. The molecule has 0 saturated carbocycles. The molecule has 1 heterocycles. The summed E-state index contributed by atoms with van der Waals surface area (Å²) < 4.78 is 77.7. The van der Waals surface area contributed by atoms with E-state index in [0.29, 0.717) is 37.1 Å². The predicted octanol–water partition coefficient (Wildman–Crippen LogP) is 3.81. The van der Waals surface area contributed by atoms with Gasteiger partial charge in [-0.05, 0) is 68.7 Å². The lowest BCUT2D eigenvalue weighted by molar-refractivity contribution is -0.145. The number of carbonyl (C=O) groups excluding carboxylic acids is 3. The molecule has 0 aromatic heterocycles. The number of esters is 2. The van der Waals surface area contributed by atoms with Gasteiger partial charge >= 0.3 is 24.1 Å². The van der Waals surface area contributed by atoms with Crippen molar-refractivity contribution in [2.24, 2.45) is 0 Å². The van der Waals surface area contributed by atoms with Crippen LogP contribution in [0.3, 0.4) is 0 Å². The van der Waals surface area contributed by atoms with Gasteiger partial charge in [-0.1, -0.05) is 12.1 Å². The zero-order chi connectivity index (χ0) is 30.4. The first-order valence-corrected chi connectivity index (χ1v) is 14.3. The number of hydrogen-bond donors (Lipinski definition) is 1. The molecule has 10 nitrogen and oxygen atoms in total. The van der Waals surface area contributed by atoms with E-state index in [1.54, 1.807) is 19.1 Å². The molecular weight excluding hydrogens is 567 g/mol. The highest BCUT2D eigenvalue weighted by atomic mass is 32.2. The average Bonchev–Trinajstić information content (AvgIpc) is 2.95. The molecule has 3 rings (SSSR count). The Kier molecular flexibility index (Phi) is 10.4. The van der Waals surface area contributed by atoms with E-state index in [1.165, 1.54) is 31.1 Å². The van der Waals surface area contributed by atoms with Crippen LogP contribution in [0.2, 0.25) is 0 Å². The first-order valence-electron chi connectivity index (χ1n) is 12.9. The maximum absolute atomic E-state index is 13.8. The molecule has 2 aromatic rings. The Morgan fingerprint density at radius 2 is 1.73 bits per heavy atom. The summed E-state index contributed by atoms with van der Waals surface area (Å²) in [5.41, 5.74) is -0.229. The van der Waals surface area contributed by atoms with Gasteiger partial charge in [-0.3, -0.25) is 0 Å². The normalized spacial score (nSPS) is 16.7. The van der Waals surface area contributed by atoms with Crippen LogP contribution in [0, 0.1) is 0 Å². The van der Waals surface area contributed by atoms with E-state index in [4.69, 9.17) is 9.47 Å². The Morgan fingerprint density at radius 1 is 1.10 bits per heavy atom. The third-order valence-corrected chi connectivity index (χ3v) is 8.49. The van der Waals surface area contributed by atoms with Crippen LogP contribution in [0.25, 0.3) is 0 Å². The largest absolute Gasteiger partial charge is 0.465 e. The molecule has 1 aliphatic heterocycles. The van der Waals surface area contributed by atoms with Gasteiger partial charge in [0.1, 0.15) is 6.04 Å². The van der Waals surface area contributed by atoms with Gasteiger partial charge in [-0.15, -0.1) is 0 Å². The van der Waals surface area contributed by atoms with Gasteiger partial charge in [-0.2, -0.15) is 17.5 Å². The molecule has 2 unspecified atom stereocenters. The highest BCUT2D eigenvalue weighted by Crippen LogP contribution is 2.31. The number of methoxy groups -OCH3 is 1. The van der Waals surface area contributed by atoms with E-state index in [9.17, 15) is 36.0 Å². The molecule has 1 aliphatic rings. The minimum absolute atomic E-state index is 0.0263. The van der Waals surface area contributed by atoms with Crippen LogP contribution < -0.4 is 5.32 Å². The Morgan fingerprint density at radius 3 is 2.29 bits per heavy atom. The number of nitrogens with zero attached hydrogens (tertiary/aromatic N) is 2. The number of benzene rings is 2. The molecule has 0 bridgehead atoms. The summed E-state index contributed by atoms with van der Waals surface area (Å²) in [6, 6.07) is 7.02. The quantitative estimate of drug-likeness (QED) is 0.435. The molecule has 2 atom stereocenters. The summed E-state index contributed by atoms with van der Waals surface area (Å²) in [5.74, 6) is -1.19. The van der Waals surface area contributed by atoms with E-state index in [1.807, 2.05) is 0 Å². The molecule has 41 heavy (non-hydrogen) atoms. The summed E-state index contributed by atoms with van der Waals surface area (Å²) in [5, 5.41) is 2.55. The number of likely N-dealkylation sites (tertiary alicyclic amines) is 1. The number of ether oxygens (including phenoxy) is 2. The molecule has 0 aliphatic carbocycles. The van der Waals surface area contributed by atoms with Gasteiger partial charge in [0, 0.05) is 25.7 Å². The topological polar surface area (TPSA) is 122 Å². The Hall–Kier alpha value is -3.65. The van der Waals surface area contributed by atoms with Crippen molar-refractivity contribution < 1.29 is 45.4 Å². The Bertz CT molecular complexity index is 1330. The molecule has 1 N–H and O–H groups in total. The fourth-order valence-electron chi connectivity index (χ4n) is 4.38. The standard InChI is InChI=1S/C27H32F3N3O7S/c1-4-40-24(34)18(2)31-26(36)32-15-5-6-22(17-32)33(16-19-7-9-20(10-8-19)25(35)39-3)41(37,38)23-13-11-21(12-14-23)27(28,29)30/h7-14,18,22H,4-6,15-17H2,1-3H3,(H,31,36). The van der Waals surface area contributed by atoms with E-state index in [2.05, 4.69) is 5.32 Å². The van der Waals surface area contributed by atoms with E-state index in [-0.39, 0.29) is 30.2 Å².